The smallest absolute Gasteiger partial charge is 0.239 e. The Labute approximate surface area is 179 Å². The maximum absolute atomic E-state index is 12.6. The van der Waals surface area contributed by atoms with Crippen LogP contribution in [0.1, 0.15) is 6.42 Å². The molecule has 1 N–H and O–H groups in total. The van der Waals surface area contributed by atoms with Crippen molar-refractivity contribution < 1.29 is 4.79 Å². The van der Waals surface area contributed by atoms with Crippen molar-refractivity contribution in [1.82, 2.24) is 5.32 Å². The first-order valence-electron chi connectivity index (χ1n) is 10.6. The second-order valence-electron chi connectivity index (χ2n) is 7.98. The van der Waals surface area contributed by atoms with Crippen LogP contribution in [0.3, 0.4) is 0 Å². The zero-order valence-electron chi connectivity index (χ0n) is 17.5. The van der Waals surface area contributed by atoms with Crippen molar-refractivity contribution in [3.8, 4) is 11.1 Å². The Bertz CT molecular complexity index is 958. The highest BCUT2D eigenvalue weighted by molar-refractivity contribution is 5.85. The van der Waals surface area contributed by atoms with Crippen LogP contribution in [0.2, 0.25) is 0 Å². The first kappa shape index (κ1) is 20.0. The molecule has 3 aromatic rings. The molecule has 4 rings (SSSR count). The molecule has 30 heavy (non-hydrogen) atoms. The largest absolute Gasteiger partial charge is 0.371 e. The summed E-state index contributed by atoms with van der Waals surface area (Å²) in [6.45, 7) is 3.13. The van der Waals surface area contributed by atoms with Gasteiger partial charge in [-0.2, -0.15) is 0 Å². The molecule has 1 aliphatic rings. The summed E-state index contributed by atoms with van der Waals surface area (Å²) in [5.74, 6) is 0.564. The van der Waals surface area contributed by atoms with Gasteiger partial charge in [0.15, 0.2) is 0 Å². The van der Waals surface area contributed by atoms with Crippen LogP contribution in [0.25, 0.3) is 11.1 Å². The molecule has 1 aliphatic heterocycles. The Morgan fingerprint density at radius 2 is 1.63 bits per heavy atom. The standard InChI is InChI=1S/C26H29N3O/c1-28(25-15-9-8-14-24(25)22-10-4-2-5-11-22)20-26(30)27-18-21-16-17-29(19-21)23-12-6-3-7-13-23/h2-15,21H,16-20H2,1H3,(H,27,30). The molecule has 1 amide bonds. The molecule has 1 saturated heterocycles. The molecule has 4 nitrogen and oxygen atoms in total. The highest BCUT2D eigenvalue weighted by Crippen LogP contribution is 2.29. The van der Waals surface area contributed by atoms with Gasteiger partial charge >= 0.3 is 0 Å². The van der Waals surface area contributed by atoms with Gasteiger partial charge < -0.3 is 15.1 Å². The van der Waals surface area contributed by atoms with E-state index in [9.17, 15) is 4.79 Å². The lowest BCUT2D eigenvalue weighted by atomic mass is 10.0. The lowest BCUT2D eigenvalue weighted by Gasteiger charge is -2.23. The molecular formula is C26H29N3O. The van der Waals surface area contributed by atoms with Gasteiger partial charge in [0, 0.05) is 43.6 Å². The van der Waals surface area contributed by atoms with E-state index < -0.39 is 0 Å². The molecule has 1 atom stereocenters. The Morgan fingerprint density at radius 1 is 0.967 bits per heavy atom. The number of benzene rings is 3. The lowest BCUT2D eigenvalue weighted by Crippen LogP contribution is -2.38. The monoisotopic (exact) mass is 399 g/mol. The normalized spacial score (nSPS) is 15.8. The van der Waals surface area contributed by atoms with Crippen LogP contribution in [-0.2, 0) is 4.79 Å². The van der Waals surface area contributed by atoms with E-state index in [1.807, 2.05) is 48.3 Å². The molecule has 154 valence electrons. The Balaban J connectivity index is 1.31. The summed E-state index contributed by atoms with van der Waals surface area (Å²) in [6.07, 6.45) is 1.11. The number of rotatable bonds is 7. The molecule has 0 bridgehead atoms. The number of hydrogen-bond acceptors (Lipinski definition) is 3. The van der Waals surface area contributed by atoms with E-state index in [1.54, 1.807) is 0 Å². The van der Waals surface area contributed by atoms with Gasteiger partial charge in [0.2, 0.25) is 5.91 Å². The minimum atomic E-state index is 0.0681. The number of carbonyl (C=O) groups is 1. The number of hydrogen-bond donors (Lipinski definition) is 1. The molecule has 1 unspecified atom stereocenters. The third kappa shape index (κ3) is 4.82. The van der Waals surface area contributed by atoms with Crippen LogP contribution in [0.15, 0.2) is 84.9 Å². The van der Waals surface area contributed by atoms with E-state index in [-0.39, 0.29) is 5.91 Å². The fourth-order valence-corrected chi connectivity index (χ4v) is 4.16. The predicted molar refractivity (Wildman–Crippen MR) is 125 cm³/mol. The van der Waals surface area contributed by atoms with Gasteiger partial charge in [-0.15, -0.1) is 0 Å². The first-order chi connectivity index (χ1) is 14.7. The Kier molecular flexibility index (Phi) is 6.33. The van der Waals surface area contributed by atoms with E-state index in [1.165, 1.54) is 5.69 Å². The molecule has 4 heteroatoms. The van der Waals surface area contributed by atoms with Crippen LogP contribution < -0.4 is 15.1 Å². The fraction of sp³-hybridized carbons (Fsp3) is 0.269. The molecular weight excluding hydrogens is 370 g/mol. The van der Waals surface area contributed by atoms with Crippen LogP contribution in [0, 0.1) is 5.92 Å². The maximum atomic E-state index is 12.6. The van der Waals surface area contributed by atoms with Crippen molar-refractivity contribution in [1.29, 1.82) is 0 Å². The number of carbonyl (C=O) groups excluding carboxylic acids is 1. The molecule has 1 fully saturated rings. The highest BCUT2D eigenvalue weighted by atomic mass is 16.2. The number of para-hydroxylation sites is 2. The number of nitrogens with one attached hydrogen (secondary N) is 1. The molecule has 0 aliphatic carbocycles. The third-order valence-corrected chi connectivity index (χ3v) is 5.78. The second kappa shape index (κ2) is 9.49. The van der Waals surface area contributed by atoms with Crippen LogP contribution >= 0.6 is 0 Å². The van der Waals surface area contributed by atoms with Crippen molar-refractivity contribution in [2.24, 2.45) is 5.92 Å². The molecule has 0 radical (unpaired) electrons. The van der Waals surface area contributed by atoms with Crippen molar-refractivity contribution in [3.63, 3.8) is 0 Å². The number of amides is 1. The van der Waals surface area contributed by atoms with Gasteiger partial charge in [-0.3, -0.25) is 4.79 Å². The molecule has 1 heterocycles. The first-order valence-corrected chi connectivity index (χ1v) is 10.6. The van der Waals surface area contributed by atoms with Gasteiger partial charge in [-0.05, 0) is 36.1 Å². The van der Waals surface area contributed by atoms with E-state index in [2.05, 4.69) is 58.7 Å². The molecule has 0 spiro atoms. The number of likely N-dealkylation sites (N-methyl/N-ethyl adjacent to an activating group) is 1. The zero-order chi connectivity index (χ0) is 20.8. The number of anilines is 2. The topological polar surface area (TPSA) is 35.6 Å². The highest BCUT2D eigenvalue weighted by Gasteiger charge is 2.23. The van der Waals surface area contributed by atoms with Crippen molar-refractivity contribution >= 4 is 17.3 Å². The fourth-order valence-electron chi connectivity index (χ4n) is 4.16. The van der Waals surface area contributed by atoms with E-state index in [0.717, 1.165) is 42.9 Å². The predicted octanol–water partition coefficient (Wildman–Crippen LogP) is 4.43. The number of nitrogens with zero attached hydrogens (tertiary/aromatic N) is 2. The van der Waals surface area contributed by atoms with Crippen LogP contribution in [-0.4, -0.2) is 39.1 Å². The molecule has 0 saturated carbocycles. The molecule has 3 aromatic carbocycles. The van der Waals surface area contributed by atoms with Gasteiger partial charge in [-0.25, -0.2) is 0 Å². The zero-order valence-corrected chi connectivity index (χ0v) is 17.5. The average molecular weight is 400 g/mol. The molecule has 0 aromatic heterocycles. The second-order valence-corrected chi connectivity index (χ2v) is 7.98. The van der Waals surface area contributed by atoms with Gasteiger partial charge in [0.25, 0.3) is 0 Å². The van der Waals surface area contributed by atoms with E-state index >= 15 is 0 Å². The third-order valence-electron chi connectivity index (χ3n) is 5.78. The van der Waals surface area contributed by atoms with Crippen molar-refractivity contribution in [2.45, 2.75) is 6.42 Å². The summed E-state index contributed by atoms with van der Waals surface area (Å²) in [5, 5.41) is 3.15. The van der Waals surface area contributed by atoms with E-state index in [0.29, 0.717) is 12.5 Å². The summed E-state index contributed by atoms with van der Waals surface area (Å²) in [5.41, 5.74) is 4.63. The quantitative estimate of drug-likeness (QED) is 0.638. The van der Waals surface area contributed by atoms with Crippen molar-refractivity contribution in [3.05, 3.63) is 84.9 Å². The van der Waals surface area contributed by atoms with Crippen LogP contribution in [0.5, 0.6) is 0 Å². The lowest BCUT2D eigenvalue weighted by molar-refractivity contribution is -0.119. The Hall–Kier alpha value is -3.27. The maximum Gasteiger partial charge on any atom is 0.239 e. The van der Waals surface area contributed by atoms with Crippen molar-refractivity contribution in [2.75, 3.05) is 43.0 Å². The van der Waals surface area contributed by atoms with Gasteiger partial charge in [0.1, 0.15) is 0 Å². The average Bonchev–Trinajstić information content (AvgIpc) is 3.28. The summed E-state index contributed by atoms with van der Waals surface area (Å²) in [7, 11) is 1.98. The summed E-state index contributed by atoms with van der Waals surface area (Å²) < 4.78 is 0. The van der Waals surface area contributed by atoms with E-state index in [4.69, 9.17) is 0 Å². The van der Waals surface area contributed by atoms with Gasteiger partial charge in [0.05, 0.1) is 6.54 Å². The minimum absolute atomic E-state index is 0.0681. The van der Waals surface area contributed by atoms with Gasteiger partial charge in [-0.1, -0.05) is 66.7 Å². The SMILES string of the molecule is CN(CC(=O)NCC1CCN(c2ccccc2)C1)c1ccccc1-c1ccccc1. The summed E-state index contributed by atoms with van der Waals surface area (Å²) in [6, 6.07) is 29.1. The Morgan fingerprint density at radius 3 is 2.40 bits per heavy atom. The summed E-state index contributed by atoms with van der Waals surface area (Å²) >= 11 is 0. The minimum Gasteiger partial charge on any atom is -0.371 e. The van der Waals surface area contributed by atoms with Crippen LogP contribution in [0.4, 0.5) is 11.4 Å². The summed E-state index contributed by atoms with van der Waals surface area (Å²) in [4.78, 5) is 17.0.